The third-order valence-corrected chi connectivity index (χ3v) is 4.00. The molecule has 0 radical (unpaired) electrons. The fourth-order valence-corrected chi connectivity index (χ4v) is 2.89. The Morgan fingerprint density at radius 3 is 2.81 bits per heavy atom. The summed E-state index contributed by atoms with van der Waals surface area (Å²) in [5.74, 6) is 2.12. The van der Waals surface area contributed by atoms with Crippen molar-refractivity contribution in [2.24, 2.45) is 12.8 Å². The molecule has 6 heteroatoms. The lowest BCUT2D eigenvalue weighted by molar-refractivity contribution is 0.639. The number of aryl methyl sites for hydroxylation is 3. The van der Waals surface area contributed by atoms with Crippen LogP contribution in [-0.4, -0.2) is 38.7 Å². The molecule has 1 aliphatic rings. The summed E-state index contributed by atoms with van der Waals surface area (Å²) in [6.07, 6.45) is 4.73. The van der Waals surface area contributed by atoms with Crippen LogP contribution in [-0.2, 0) is 13.5 Å². The standard InChI is InChI=1S/C15H22N6/c1-4-14-18-10(2)5-15(19-14)21-6-11(12(16)7-21)13-8-20(3)9-17-13/h5,8-9,11-12H,4,6-7,16H2,1-3H3/t11-,12-/m1/s1. The molecule has 2 aromatic heterocycles. The van der Waals surface area contributed by atoms with Crippen LogP contribution in [0.5, 0.6) is 0 Å². The highest BCUT2D eigenvalue weighted by Gasteiger charge is 2.33. The van der Waals surface area contributed by atoms with Gasteiger partial charge in [0, 0.05) is 56.5 Å². The predicted molar refractivity (Wildman–Crippen MR) is 82.3 cm³/mol. The van der Waals surface area contributed by atoms with Crippen LogP contribution in [0, 0.1) is 6.92 Å². The molecule has 0 spiro atoms. The van der Waals surface area contributed by atoms with Gasteiger partial charge >= 0.3 is 0 Å². The molecule has 0 amide bonds. The van der Waals surface area contributed by atoms with Crippen molar-refractivity contribution in [1.82, 2.24) is 19.5 Å². The average molecular weight is 286 g/mol. The number of nitrogens with two attached hydrogens (primary N) is 1. The number of imidazole rings is 1. The van der Waals surface area contributed by atoms with Crippen LogP contribution in [0.15, 0.2) is 18.6 Å². The molecule has 2 N–H and O–H groups in total. The van der Waals surface area contributed by atoms with E-state index >= 15 is 0 Å². The smallest absolute Gasteiger partial charge is 0.132 e. The van der Waals surface area contributed by atoms with Crippen LogP contribution in [0.1, 0.15) is 30.1 Å². The van der Waals surface area contributed by atoms with E-state index in [4.69, 9.17) is 5.73 Å². The molecule has 3 rings (SSSR count). The highest BCUT2D eigenvalue weighted by atomic mass is 15.2. The van der Waals surface area contributed by atoms with E-state index in [0.29, 0.717) is 0 Å². The molecule has 1 fully saturated rings. The lowest BCUT2D eigenvalue weighted by Crippen LogP contribution is -2.29. The number of nitrogens with zero attached hydrogens (tertiary/aromatic N) is 5. The number of hydrogen-bond donors (Lipinski definition) is 1. The second-order valence-electron chi connectivity index (χ2n) is 5.78. The van der Waals surface area contributed by atoms with Crippen LogP contribution in [0.25, 0.3) is 0 Å². The monoisotopic (exact) mass is 286 g/mol. The summed E-state index contributed by atoms with van der Waals surface area (Å²) in [7, 11) is 1.98. The fourth-order valence-electron chi connectivity index (χ4n) is 2.89. The molecule has 1 aliphatic heterocycles. The first kappa shape index (κ1) is 14.0. The molecular formula is C15H22N6. The van der Waals surface area contributed by atoms with Crippen LogP contribution in [0.2, 0.25) is 0 Å². The third kappa shape index (κ3) is 2.76. The third-order valence-electron chi connectivity index (χ3n) is 4.00. The van der Waals surface area contributed by atoms with Crippen molar-refractivity contribution in [3.8, 4) is 0 Å². The molecule has 6 nitrogen and oxygen atoms in total. The van der Waals surface area contributed by atoms with Gasteiger partial charge in [0.15, 0.2) is 0 Å². The topological polar surface area (TPSA) is 72.9 Å². The van der Waals surface area contributed by atoms with E-state index in [1.165, 1.54) is 0 Å². The second-order valence-corrected chi connectivity index (χ2v) is 5.78. The summed E-state index contributed by atoms with van der Waals surface area (Å²) in [4.78, 5) is 15.8. The first-order valence-corrected chi connectivity index (χ1v) is 7.39. The molecule has 21 heavy (non-hydrogen) atoms. The van der Waals surface area contributed by atoms with Gasteiger partial charge in [0.25, 0.3) is 0 Å². The largest absolute Gasteiger partial charge is 0.354 e. The summed E-state index contributed by atoms with van der Waals surface area (Å²) in [6, 6.07) is 2.12. The first-order valence-electron chi connectivity index (χ1n) is 7.39. The van der Waals surface area contributed by atoms with Crippen LogP contribution in [0.4, 0.5) is 5.82 Å². The number of hydrogen-bond acceptors (Lipinski definition) is 5. The molecule has 0 aromatic carbocycles. The van der Waals surface area contributed by atoms with Crippen LogP contribution in [0.3, 0.4) is 0 Å². The van der Waals surface area contributed by atoms with E-state index in [0.717, 1.165) is 42.5 Å². The SMILES string of the molecule is CCc1nc(C)cc(N2C[C@@H](N)[C@H](c3cn(C)cn3)C2)n1. The van der Waals surface area contributed by atoms with E-state index in [1.54, 1.807) is 0 Å². The van der Waals surface area contributed by atoms with Gasteiger partial charge in [0.1, 0.15) is 11.6 Å². The average Bonchev–Trinajstić information content (AvgIpc) is 3.04. The number of aromatic nitrogens is 4. The summed E-state index contributed by atoms with van der Waals surface area (Å²) in [5, 5.41) is 0. The molecule has 0 saturated carbocycles. The van der Waals surface area contributed by atoms with E-state index in [9.17, 15) is 0 Å². The van der Waals surface area contributed by atoms with Gasteiger partial charge in [0.05, 0.1) is 12.0 Å². The summed E-state index contributed by atoms with van der Waals surface area (Å²) in [5.41, 5.74) is 8.39. The Morgan fingerprint density at radius 1 is 1.33 bits per heavy atom. The zero-order chi connectivity index (χ0) is 15.0. The lowest BCUT2D eigenvalue weighted by atomic mass is 10.0. The van der Waals surface area contributed by atoms with Crippen molar-refractivity contribution >= 4 is 5.82 Å². The van der Waals surface area contributed by atoms with Crippen molar-refractivity contribution in [2.45, 2.75) is 32.2 Å². The highest BCUT2D eigenvalue weighted by molar-refractivity contribution is 5.43. The Bertz CT molecular complexity index is 635. The Balaban J connectivity index is 1.84. The lowest BCUT2D eigenvalue weighted by Gasteiger charge is -2.18. The Kier molecular flexibility index (Phi) is 3.63. The molecular weight excluding hydrogens is 264 g/mol. The van der Waals surface area contributed by atoms with Crippen LogP contribution < -0.4 is 10.6 Å². The van der Waals surface area contributed by atoms with E-state index in [1.807, 2.05) is 30.9 Å². The zero-order valence-electron chi connectivity index (χ0n) is 12.8. The summed E-state index contributed by atoms with van der Waals surface area (Å²) < 4.78 is 1.97. The van der Waals surface area contributed by atoms with Crippen LogP contribution >= 0.6 is 0 Å². The van der Waals surface area contributed by atoms with E-state index in [2.05, 4.69) is 33.0 Å². The molecule has 3 heterocycles. The summed E-state index contributed by atoms with van der Waals surface area (Å²) >= 11 is 0. The van der Waals surface area contributed by atoms with Gasteiger partial charge in [-0.05, 0) is 6.92 Å². The predicted octanol–water partition coefficient (Wildman–Crippen LogP) is 1.01. The Hall–Kier alpha value is -1.95. The van der Waals surface area contributed by atoms with E-state index in [-0.39, 0.29) is 12.0 Å². The number of rotatable bonds is 3. The normalized spacial score (nSPS) is 22.0. The molecule has 2 atom stereocenters. The molecule has 0 aliphatic carbocycles. The van der Waals surface area contributed by atoms with Crippen molar-refractivity contribution in [2.75, 3.05) is 18.0 Å². The second kappa shape index (κ2) is 5.44. The van der Waals surface area contributed by atoms with Gasteiger partial charge in [0.2, 0.25) is 0 Å². The quantitative estimate of drug-likeness (QED) is 0.911. The van der Waals surface area contributed by atoms with Gasteiger partial charge in [-0.15, -0.1) is 0 Å². The molecule has 1 saturated heterocycles. The van der Waals surface area contributed by atoms with Crippen molar-refractivity contribution in [1.29, 1.82) is 0 Å². The molecule has 0 bridgehead atoms. The highest BCUT2D eigenvalue weighted by Crippen LogP contribution is 2.28. The maximum Gasteiger partial charge on any atom is 0.132 e. The van der Waals surface area contributed by atoms with Crippen molar-refractivity contribution in [3.63, 3.8) is 0 Å². The van der Waals surface area contributed by atoms with Gasteiger partial charge in [-0.3, -0.25) is 0 Å². The number of anilines is 1. The van der Waals surface area contributed by atoms with Gasteiger partial charge < -0.3 is 15.2 Å². The van der Waals surface area contributed by atoms with Gasteiger partial charge in [-0.1, -0.05) is 6.92 Å². The first-order chi connectivity index (χ1) is 10.1. The van der Waals surface area contributed by atoms with Crippen molar-refractivity contribution in [3.05, 3.63) is 35.8 Å². The van der Waals surface area contributed by atoms with E-state index < -0.39 is 0 Å². The summed E-state index contributed by atoms with van der Waals surface area (Å²) in [6.45, 7) is 5.75. The maximum absolute atomic E-state index is 6.32. The minimum atomic E-state index is 0.0836. The zero-order valence-corrected chi connectivity index (χ0v) is 12.8. The fraction of sp³-hybridized carbons (Fsp3) is 0.533. The van der Waals surface area contributed by atoms with Gasteiger partial charge in [-0.25, -0.2) is 15.0 Å². The van der Waals surface area contributed by atoms with Crippen molar-refractivity contribution < 1.29 is 0 Å². The maximum atomic E-state index is 6.32. The minimum absolute atomic E-state index is 0.0836. The van der Waals surface area contributed by atoms with Gasteiger partial charge in [-0.2, -0.15) is 0 Å². The Morgan fingerprint density at radius 2 is 2.14 bits per heavy atom. The molecule has 112 valence electrons. The minimum Gasteiger partial charge on any atom is -0.354 e. The Labute approximate surface area is 125 Å². The molecule has 2 aromatic rings. The molecule has 0 unspecified atom stereocenters.